The van der Waals surface area contributed by atoms with Crippen molar-refractivity contribution in [2.24, 2.45) is 0 Å². The summed E-state index contributed by atoms with van der Waals surface area (Å²) in [7, 11) is -2.20. The molecule has 5 nitrogen and oxygen atoms in total. The Labute approximate surface area is 199 Å². The molecule has 0 saturated carbocycles. The molecule has 1 fully saturated rings. The Morgan fingerprint density at radius 2 is 1.70 bits per heavy atom. The molecule has 0 radical (unpaired) electrons. The summed E-state index contributed by atoms with van der Waals surface area (Å²) in [5, 5.41) is 0.466. The number of benzene rings is 3. The number of anilines is 1. The number of rotatable bonds is 7. The highest BCUT2D eigenvalue weighted by molar-refractivity contribution is 7.92. The Morgan fingerprint density at radius 1 is 1.03 bits per heavy atom. The van der Waals surface area contributed by atoms with E-state index in [4.69, 9.17) is 16.3 Å². The first kappa shape index (κ1) is 23.5. The monoisotopic (exact) mass is 488 g/mol. The summed E-state index contributed by atoms with van der Waals surface area (Å²) < 4.78 is 47.6. The van der Waals surface area contributed by atoms with Gasteiger partial charge in [-0.2, -0.15) is 0 Å². The molecule has 0 N–H and O–H groups in total. The first-order chi connectivity index (χ1) is 15.9. The van der Waals surface area contributed by atoms with E-state index in [-0.39, 0.29) is 10.9 Å². The van der Waals surface area contributed by atoms with Crippen LogP contribution in [0.4, 0.5) is 10.1 Å². The van der Waals surface area contributed by atoms with Crippen molar-refractivity contribution in [1.82, 2.24) is 4.90 Å². The van der Waals surface area contributed by atoms with Crippen LogP contribution in [0.15, 0.2) is 77.7 Å². The van der Waals surface area contributed by atoms with E-state index in [1.54, 1.807) is 19.2 Å². The van der Waals surface area contributed by atoms with E-state index in [2.05, 4.69) is 11.0 Å². The molecule has 1 saturated heterocycles. The van der Waals surface area contributed by atoms with E-state index >= 15 is 0 Å². The van der Waals surface area contributed by atoms with Gasteiger partial charge < -0.3 is 4.74 Å². The Hall–Kier alpha value is -2.61. The van der Waals surface area contributed by atoms with Gasteiger partial charge in [-0.25, -0.2) is 12.8 Å². The minimum atomic E-state index is -3.85. The maximum atomic E-state index is 13.6. The predicted octanol–water partition coefficient (Wildman–Crippen LogP) is 5.35. The number of halogens is 2. The van der Waals surface area contributed by atoms with Gasteiger partial charge in [-0.3, -0.25) is 9.21 Å². The second-order valence-corrected chi connectivity index (χ2v) is 10.3. The number of hydrogen-bond acceptors (Lipinski definition) is 4. The third kappa shape index (κ3) is 5.49. The lowest BCUT2D eigenvalue weighted by atomic mass is 10.0. The van der Waals surface area contributed by atoms with Gasteiger partial charge in [0.15, 0.2) is 0 Å². The molecule has 174 valence electrons. The summed E-state index contributed by atoms with van der Waals surface area (Å²) >= 11 is 5.96. The van der Waals surface area contributed by atoms with Crippen LogP contribution in [0.25, 0.3) is 0 Å². The standard InChI is InChI=1S/C25H26ClFN2O3S/c1-32-24-4-2-3-19(17-24)18-28-15-13-23(14-16-28)29(22-9-7-21(27)8-10-22)33(30,31)25-11-5-20(26)6-12-25/h2-12,17,23H,13-16,18H2,1H3. The average Bonchev–Trinajstić information content (AvgIpc) is 2.82. The highest BCUT2D eigenvalue weighted by Gasteiger charge is 2.34. The number of methoxy groups -OCH3 is 1. The zero-order valence-electron chi connectivity index (χ0n) is 18.3. The minimum Gasteiger partial charge on any atom is -0.497 e. The molecule has 0 atom stereocenters. The largest absolute Gasteiger partial charge is 0.497 e. The lowest BCUT2D eigenvalue weighted by molar-refractivity contribution is 0.206. The molecule has 1 heterocycles. The maximum Gasteiger partial charge on any atom is 0.264 e. The van der Waals surface area contributed by atoms with Crippen molar-refractivity contribution < 1.29 is 17.5 Å². The van der Waals surface area contributed by atoms with E-state index < -0.39 is 15.8 Å². The van der Waals surface area contributed by atoms with Crippen LogP contribution in [0.2, 0.25) is 5.02 Å². The van der Waals surface area contributed by atoms with Gasteiger partial charge in [-0.1, -0.05) is 23.7 Å². The molecule has 33 heavy (non-hydrogen) atoms. The Kier molecular flexibility index (Phi) is 7.22. The molecule has 4 rings (SSSR count). The van der Waals surface area contributed by atoms with Crippen LogP contribution < -0.4 is 9.04 Å². The van der Waals surface area contributed by atoms with Crippen molar-refractivity contribution in [1.29, 1.82) is 0 Å². The van der Waals surface area contributed by atoms with E-state index in [0.29, 0.717) is 23.6 Å². The molecule has 1 aliphatic rings. The highest BCUT2D eigenvalue weighted by atomic mass is 35.5. The summed E-state index contributed by atoms with van der Waals surface area (Å²) in [5.41, 5.74) is 1.61. The molecule has 0 spiro atoms. The van der Waals surface area contributed by atoms with Gasteiger partial charge in [-0.05, 0) is 79.1 Å². The van der Waals surface area contributed by atoms with E-state index in [9.17, 15) is 12.8 Å². The van der Waals surface area contributed by atoms with Crippen molar-refractivity contribution in [3.8, 4) is 5.75 Å². The number of nitrogens with zero attached hydrogens (tertiary/aromatic N) is 2. The number of sulfonamides is 1. The quantitative estimate of drug-likeness (QED) is 0.450. The molecule has 3 aromatic rings. The lowest BCUT2D eigenvalue weighted by Gasteiger charge is -2.39. The summed E-state index contributed by atoms with van der Waals surface area (Å²) in [6.07, 6.45) is 1.32. The fourth-order valence-electron chi connectivity index (χ4n) is 4.19. The van der Waals surface area contributed by atoms with Crippen molar-refractivity contribution in [2.45, 2.75) is 30.3 Å². The second kappa shape index (κ2) is 10.1. The molecule has 0 aromatic heterocycles. The predicted molar refractivity (Wildman–Crippen MR) is 129 cm³/mol. The van der Waals surface area contributed by atoms with Crippen LogP contribution in [-0.2, 0) is 16.6 Å². The minimum absolute atomic E-state index is 0.162. The van der Waals surface area contributed by atoms with Crippen LogP contribution in [0.3, 0.4) is 0 Å². The van der Waals surface area contributed by atoms with Crippen molar-refractivity contribution in [3.05, 3.63) is 89.2 Å². The zero-order valence-corrected chi connectivity index (χ0v) is 19.9. The van der Waals surface area contributed by atoms with E-state index in [0.717, 1.165) is 30.9 Å². The molecule has 1 aliphatic heterocycles. The van der Waals surface area contributed by atoms with Crippen molar-refractivity contribution >= 4 is 27.3 Å². The first-order valence-electron chi connectivity index (χ1n) is 10.8. The van der Waals surface area contributed by atoms with Gasteiger partial charge in [0.25, 0.3) is 10.0 Å². The van der Waals surface area contributed by atoms with Crippen molar-refractivity contribution in [2.75, 3.05) is 24.5 Å². The number of likely N-dealkylation sites (tertiary alicyclic amines) is 1. The van der Waals surface area contributed by atoms with Gasteiger partial charge in [0.2, 0.25) is 0 Å². The Balaban J connectivity index is 1.55. The van der Waals surface area contributed by atoms with Crippen LogP contribution in [0.5, 0.6) is 5.75 Å². The summed E-state index contributed by atoms with van der Waals surface area (Å²) in [6.45, 7) is 2.26. The SMILES string of the molecule is COc1cccc(CN2CCC(N(c3ccc(F)cc3)S(=O)(=O)c3ccc(Cl)cc3)CC2)c1. The molecule has 0 amide bonds. The van der Waals surface area contributed by atoms with Gasteiger partial charge in [0, 0.05) is 30.7 Å². The molecule has 0 unspecified atom stereocenters. The molecule has 0 aliphatic carbocycles. The van der Waals surface area contributed by atoms with Gasteiger partial charge in [0.05, 0.1) is 17.7 Å². The number of hydrogen-bond donors (Lipinski definition) is 0. The molecule has 8 heteroatoms. The average molecular weight is 489 g/mol. The van der Waals surface area contributed by atoms with Gasteiger partial charge in [0.1, 0.15) is 11.6 Å². The first-order valence-corrected chi connectivity index (χ1v) is 12.6. The zero-order chi connectivity index (χ0) is 23.4. The highest BCUT2D eigenvalue weighted by Crippen LogP contribution is 2.31. The molecule has 0 bridgehead atoms. The normalized spacial score (nSPS) is 15.4. The van der Waals surface area contributed by atoms with Crippen molar-refractivity contribution in [3.63, 3.8) is 0 Å². The summed E-state index contributed by atoms with van der Waals surface area (Å²) in [6, 6.07) is 19.5. The second-order valence-electron chi connectivity index (χ2n) is 8.09. The Bertz CT molecular complexity index is 1180. The summed E-state index contributed by atoms with van der Waals surface area (Å²) in [5.74, 6) is 0.412. The van der Waals surface area contributed by atoms with Gasteiger partial charge >= 0.3 is 0 Å². The third-order valence-corrected chi connectivity index (χ3v) is 8.03. The third-order valence-electron chi connectivity index (χ3n) is 5.88. The number of piperidine rings is 1. The molecular formula is C25H26ClFN2O3S. The fraction of sp³-hybridized carbons (Fsp3) is 0.280. The number of ether oxygens (including phenoxy) is 1. The van der Waals surface area contributed by atoms with Crippen LogP contribution in [-0.4, -0.2) is 39.6 Å². The lowest BCUT2D eigenvalue weighted by Crippen LogP contribution is -2.47. The van der Waals surface area contributed by atoms with Crippen LogP contribution in [0.1, 0.15) is 18.4 Å². The molecular weight excluding hydrogens is 463 g/mol. The van der Waals surface area contributed by atoms with Crippen LogP contribution in [0, 0.1) is 5.82 Å². The topological polar surface area (TPSA) is 49.9 Å². The van der Waals surface area contributed by atoms with Gasteiger partial charge in [-0.15, -0.1) is 0 Å². The smallest absolute Gasteiger partial charge is 0.264 e. The molecule has 3 aromatic carbocycles. The Morgan fingerprint density at radius 3 is 2.33 bits per heavy atom. The maximum absolute atomic E-state index is 13.6. The fourth-order valence-corrected chi connectivity index (χ4v) is 6.03. The van der Waals surface area contributed by atoms with Crippen LogP contribution >= 0.6 is 11.6 Å². The summed E-state index contributed by atoms with van der Waals surface area (Å²) in [4.78, 5) is 2.47. The van der Waals surface area contributed by atoms with E-state index in [1.807, 2.05) is 18.2 Å². The van der Waals surface area contributed by atoms with E-state index in [1.165, 1.54) is 40.7 Å².